The van der Waals surface area contributed by atoms with Crippen LogP contribution in [-0.4, -0.2) is 37.5 Å². The predicted octanol–water partition coefficient (Wildman–Crippen LogP) is 3.66. The molecular weight excluding hydrogens is 343 g/mol. The third kappa shape index (κ3) is 6.07. The number of rotatable bonds is 10. The van der Waals surface area contributed by atoms with Gasteiger partial charge in [-0.1, -0.05) is 25.8 Å². The van der Waals surface area contributed by atoms with Gasteiger partial charge in [0.1, 0.15) is 0 Å². The van der Waals surface area contributed by atoms with E-state index >= 15 is 0 Å². The van der Waals surface area contributed by atoms with Gasteiger partial charge < -0.3 is 5.11 Å². The van der Waals surface area contributed by atoms with E-state index in [2.05, 4.69) is 0 Å². The van der Waals surface area contributed by atoms with E-state index in [-0.39, 0.29) is 24.6 Å². The summed E-state index contributed by atoms with van der Waals surface area (Å²) >= 11 is 0. The van der Waals surface area contributed by atoms with Crippen LogP contribution in [-0.2, 0) is 16.2 Å². The summed E-state index contributed by atoms with van der Waals surface area (Å²) in [5.41, 5.74) is -0.969. The zero-order chi connectivity index (χ0) is 18.2. The van der Waals surface area contributed by atoms with Gasteiger partial charge in [0.25, 0.3) is 0 Å². The number of sulfonamides is 1. The SMILES string of the molecule is CCCN(CCCCCCO)S(=O)(=O)c1cccc(C(F)(F)F)c1. The van der Waals surface area contributed by atoms with Crippen molar-refractivity contribution in [2.24, 2.45) is 0 Å². The molecule has 0 saturated carbocycles. The number of hydrogen-bond acceptors (Lipinski definition) is 3. The highest BCUT2D eigenvalue weighted by molar-refractivity contribution is 7.89. The Morgan fingerprint density at radius 2 is 1.75 bits per heavy atom. The van der Waals surface area contributed by atoms with Crippen molar-refractivity contribution in [3.05, 3.63) is 29.8 Å². The van der Waals surface area contributed by atoms with Crippen LogP contribution in [0.5, 0.6) is 0 Å². The van der Waals surface area contributed by atoms with Gasteiger partial charge >= 0.3 is 6.18 Å². The van der Waals surface area contributed by atoms with Crippen molar-refractivity contribution in [2.45, 2.75) is 50.1 Å². The number of nitrogens with zero attached hydrogens (tertiary/aromatic N) is 1. The number of unbranched alkanes of at least 4 members (excludes halogenated alkanes) is 3. The third-order valence-corrected chi connectivity index (χ3v) is 5.48. The third-order valence-electron chi connectivity index (χ3n) is 3.59. The highest BCUT2D eigenvalue weighted by atomic mass is 32.2. The number of aliphatic hydroxyl groups is 1. The van der Waals surface area contributed by atoms with Crippen molar-refractivity contribution in [3.63, 3.8) is 0 Å². The summed E-state index contributed by atoms with van der Waals surface area (Å²) in [6, 6.07) is 3.85. The largest absolute Gasteiger partial charge is 0.416 e. The first-order valence-corrected chi connectivity index (χ1v) is 9.45. The van der Waals surface area contributed by atoms with E-state index < -0.39 is 21.8 Å². The van der Waals surface area contributed by atoms with E-state index in [1.807, 2.05) is 6.92 Å². The van der Waals surface area contributed by atoms with Gasteiger partial charge in [-0.3, -0.25) is 0 Å². The Bertz CT molecular complexity index is 603. The fourth-order valence-electron chi connectivity index (χ4n) is 2.34. The molecule has 0 spiro atoms. The summed E-state index contributed by atoms with van der Waals surface area (Å²) in [6.07, 6.45) is -1.18. The molecular formula is C16H24F3NO3S. The maximum Gasteiger partial charge on any atom is 0.416 e. The number of hydrogen-bond donors (Lipinski definition) is 1. The molecule has 1 aromatic carbocycles. The number of halogens is 3. The van der Waals surface area contributed by atoms with Gasteiger partial charge in [0.2, 0.25) is 10.0 Å². The summed E-state index contributed by atoms with van der Waals surface area (Å²) in [5.74, 6) is 0. The minimum atomic E-state index is -4.58. The average molecular weight is 367 g/mol. The number of benzene rings is 1. The molecule has 0 radical (unpaired) electrons. The zero-order valence-corrected chi connectivity index (χ0v) is 14.5. The van der Waals surface area contributed by atoms with Crippen LogP contribution in [0.2, 0.25) is 0 Å². The normalized spacial score (nSPS) is 12.8. The van der Waals surface area contributed by atoms with Crippen LogP contribution in [0.3, 0.4) is 0 Å². The smallest absolute Gasteiger partial charge is 0.396 e. The first-order chi connectivity index (χ1) is 11.2. The molecule has 0 amide bonds. The van der Waals surface area contributed by atoms with Crippen LogP contribution in [0.4, 0.5) is 13.2 Å². The Kier molecular flexibility index (Phi) is 8.18. The van der Waals surface area contributed by atoms with Gasteiger partial charge in [-0.15, -0.1) is 0 Å². The van der Waals surface area contributed by atoms with Crippen molar-refractivity contribution >= 4 is 10.0 Å². The molecule has 8 heteroatoms. The Balaban J connectivity index is 2.92. The van der Waals surface area contributed by atoms with Crippen molar-refractivity contribution in [2.75, 3.05) is 19.7 Å². The maximum atomic E-state index is 12.8. The Morgan fingerprint density at radius 1 is 1.08 bits per heavy atom. The zero-order valence-electron chi connectivity index (χ0n) is 13.7. The second-order valence-electron chi connectivity index (χ2n) is 5.57. The molecule has 0 aromatic heterocycles. The van der Waals surface area contributed by atoms with Crippen LogP contribution in [0.1, 0.15) is 44.6 Å². The molecule has 0 fully saturated rings. The van der Waals surface area contributed by atoms with Crippen LogP contribution in [0.15, 0.2) is 29.2 Å². The monoisotopic (exact) mass is 367 g/mol. The molecule has 0 saturated heterocycles. The highest BCUT2D eigenvalue weighted by Gasteiger charge is 2.32. The Labute approximate surface area is 141 Å². The molecule has 0 aliphatic carbocycles. The van der Waals surface area contributed by atoms with Gasteiger partial charge in [0, 0.05) is 19.7 Å². The van der Waals surface area contributed by atoms with Crippen LogP contribution in [0, 0.1) is 0 Å². The minimum absolute atomic E-state index is 0.0984. The van der Waals surface area contributed by atoms with E-state index in [4.69, 9.17) is 5.11 Å². The van der Waals surface area contributed by atoms with Crippen LogP contribution in [0.25, 0.3) is 0 Å². The van der Waals surface area contributed by atoms with Gasteiger partial charge in [-0.25, -0.2) is 8.42 Å². The van der Waals surface area contributed by atoms with E-state index in [1.165, 1.54) is 10.4 Å². The second-order valence-corrected chi connectivity index (χ2v) is 7.51. The quantitative estimate of drug-likeness (QED) is 0.642. The fourth-order valence-corrected chi connectivity index (χ4v) is 3.95. The molecule has 138 valence electrons. The van der Waals surface area contributed by atoms with E-state index in [1.54, 1.807) is 0 Å². The molecule has 0 aliphatic rings. The van der Waals surface area contributed by atoms with Crippen molar-refractivity contribution in [1.82, 2.24) is 4.31 Å². The standard InChI is InChI=1S/C16H24F3NO3S/c1-2-10-20(11-5-3-4-6-12-21)24(22,23)15-9-7-8-14(13-15)16(17,18)19/h7-9,13,21H,2-6,10-12H2,1H3. The molecule has 1 rings (SSSR count). The summed E-state index contributed by atoms with van der Waals surface area (Å²) in [5, 5.41) is 8.73. The molecule has 0 atom stereocenters. The second kappa shape index (κ2) is 9.39. The molecule has 1 N–H and O–H groups in total. The number of alkyl halides is 3. The van der Waals surface area contributed by atoms with Crippen molar-refractivity contribution in [3.8, 4) is 0 Å². The summed E-state index contributed by atoms with van der Waals surface area (Å²) in [6.45, 7) is 2.44. The van der Waals surface area contributed by atoms with Crippen LogP contribution >= 0.6 is 0 Å². The van der Waals surface area contributed by atoms with Gasteiger partial charge in [0.05, 0.1) is 10.5 Å². The number of aliphatic hydroxyl groups excluding tert-OH is 1. The first-order valence-electron chi connectivity index (χ1n) is 8.01. The first kappa shape index (κ1) is 20.9. The minimum Gasteiger partial charge on any atom is -0.396 e. The maximum absolute atomic E-state index is 12.8. The average Bonchev–Trinajstić information content (AvgIpc) is 2.53. The molecule has 24 heavy (non-hydrogen) atoms. The van der Waals surface area contributed by atoms with Gasteiger partial charge in [-0.2, -0.15) is 17.5 Å². The Morgan fingerprint density at radius 3 is 2.33 bits per heavy atom. The lowest BCUT2D eigenvalue weighted by Crippen LogP contribution is -2.33. The fraction of sp³-hybridized carbons (Fsp3) is 0.625. The summed E-state index contributed by atoms with van der Waals surface area (Å²) in [7, 11) is -3.95. The van der Waals surface area contributed by atoms with Crippen molar-refractivity contribution < 1.29 is 26.7 Å². The van der Waals surface area contributed by atoms with Crippen molar-refractivity contribution in [1.29, 1.82) is 0 Å². The lowest BCUT2D eigenvalue weighted by molar-refractivity contribution is -0.137. The molecule has 0 heterocycles. The molecule has 4 nitrogen and oxygen atoms in total. The van der Waals surface area contributed by atoms with Gasteiger partial charge in [-0.05, 0) is 37.5 Å². The molecule has 0 unspecified atom stereocenters. The highest BCUT2D eigenvalue weighted by Crippen LogP contribution is 2.31. The van der Waals surface area contributed by atoms with E-state index in [0.717, 1.165) is 25.0 Å². The summed E-state index contributed by atoms with van der Waals surface area (Å²) in [4.78, 5) is -0.332. The van der Waals surface area contributed by atoms with E-state index in [0.29, 0.717) is 25.3 Å². The Hall–Kier alpha value is -1.12. The van der Waals surface area contributed by atoms with Gasteiger partial charge in [0.15, 0.2) is 0 Å². The summed E-state index contributed by atoms with van der Waals surface area (Å²) < 4.78 is 64.9. The lowest BCUT2D eigenvalue weighted by atomic mass is 10.2. The molecule has 1 aromatic rings. The molecule has 0 bridgehead atoms. The predicted molar refractivity (Wildman–Crippen MR) is 86.0 cm³/mol. The van der Waals surface area contributed by atoms with Crippen LogP contribution < -0.4 is 0 Å². The molecule has 0 aliphatic heterocycles. The topological polar surface area (TPSA) is 57.6 Å². The van der Waals surface area contributed by atoms with E-state index in [9.17, 15) is 21.6 Å². The lowest BCUT2D eigenvalue weighted by Gasteiger charge is -2.22.